The van der Waals surface area contributed by atoms with E-state index in [1.807, 2.05) is 0 Å². The summed E-state index contributed by atoms with van der Waals surface area (Å²) in [7, 11) is -2.52. The Hall–Kier alpha value is -2.09. The number of ether oxygens (including phenoxy) is 1. The van der Waals surface area contributed by atoms with Gasteiger partial charge < -0.3 is 10.1 Å². The van der Waals surface area contributed by atoms with Crippen molar-refractivity contribution >= 4 is 27.5 Å². The molecule has 2 N–H and O–H groups in total. The smallest absolute Gasteiger partial charge is 0.244 e. The fourth-order valence-corrected chi connectivity index (χ4v) is 3.87. The van der Waals surface area contributed by atoms with Crippen molar-refractivity contribution in [2.75, 3.05) is 7.11 Å². The quantitative estimate of drug-likeness (QED) is 0.753. The third-order valence-electron chi connectivity index (χ3n) is 3.71. The third-order valence-corrected chi connectivity index (χ3v) is 5.53. The van der Waals surface area contributed by atoms with E-state index >= 15 is 0 Å². The van der Waals surface area contributed by atoms with E-state index in [1.165, 1.54) is 20.1 Å². The van der Waals surface area contributed by atoms with Gasteiger partial charge in [0.2, 0.25) is 15.9 Å². The van der Waals surface area contributed by atoms with E-state index in [9.17, 15) is 13.2 Å². The van der Waals surface area contributed by atoms with E-state index in [0.717, 1.165) is 11.1 Å². The van der Waals surface area contributed by atoms with Gasteiger partial charge in [-0.1, -0.05) is 29.8 Å². The highest BCUT2D eigenvalue weighted by molar-refractivity contribution is 7.89. The molecular weight excluding hydrogens is 376 g/mol. The third kappa shape index (κ3) is 5.20. The number of halogens is 1. The van der Waals surface area contributed by atoms with Crippen molar-refractivity contribution in [1.29, 1.82) is 0 Å². The van der Waals surface area contributed by atoms with E-state index < -0.39 is 22.0 Å². The van der Waals surface area contributed by atoms with Crippen molar-refractivity contribution in [1.82, 2.24) is 10.0 Å². The summed E-state index contributed by atoms with van der Waals surface area (Å²) in [5.41, 5.74) is 1.63. The number of benzene rings is 2. The zero-order valence-electron chi connectivity index (χ0n) is 14.7. The summed E-state index contributed by atoms with van der Waals surface area (Å²) >= 11 is 5.82. The highest BCUT2D eigenvalue weighted by Crippen LogP contribution is 2.24. The van der Waals surface area contributed by atoms with Crippen LogP contribution in [0.25, 0.3) is 0 Å². The minimum atomic E-state index is -3.91. The molecule has 0 spiro atoms. The molecule has 2 aromatic carbocycles. The van der Waals surface area contributed by atoms with Crippen molar-refractivity contribution in [3.63, 3.8) is 0 Å². The summed E-state index contributed by atoms with van der Waals surface area (Å²) in [6, 6.07) is 10.9. The zero-order valence-corrected chi connectivity index (χ0v) is 16.3. The second-order valence-electron chi connectivity index (χ2n) is 5.84. The lowest BCUT2D eigenvalue weighted by Gasteiger charge is -2.16. The maximum Gasteiger partial charge on any atom is 0.244 e. The van der Waals surface area contributed by atoms with Crippen LogP contribution in [0.5, 0.6) is 5.75 Å². The summed E-state index contributed by atoms with van der Waals surface area (Å²) in [6.07, 6.45) is 0. The summed E-state index contributed by atoms with van der Waals surface area (Å²) in [5, 5.41) is 3.30. The topological polar surface area (TPSA) is 84.5 Å². The first-order valence-corrected chi connectivity index (χ1v) is 9.78. The van der Waals surface area contributed by atoms with Crippen LogP contribution in [0.3, 0.4) is 0 Å². The van der Waals surface area contributed by atoms with Crippen molar-refractivity contribution in [3.8, 4) is 5.75 Å². The maximum atomic E-state index is 12.6. The molecule has 2 rings (SSSR count). The molecule has 0 aliphatic carbocycles. The standard InChI is InChI=1S/C18H21ClN2O4S/c1-12-4-9-16(25-3)17(10-12)26(23,24)21-13(2)18(22)20-11-14-5-7-15(19)8-6-14/h4-10,13,21H,11H2,1-3H3,(H,20,22). The van der Waals surface area contributed by atoms with Crippen LogP contribution >= 0.6 is 11.6 Å². The van der Waals surface area contributed by atoms with Gasteiger partial charge in [0, 0.05) is 11.6 Å². The number of carbonyl (C=O) groups excluding carboxylic acids is 1. The molecule has 0 fully saturated rings. The predicted molar refractivity (Wildman–Crippen MR) is 101 cm³/mol. The first-order chi connectivity index (χ1) is 12.2. The number of aryl methyl sites for hydroxylation is 1. The predicted octanol–water partition coefficient (Wildman–Crippen LogP) is 2.64. The number of rotatable bonds is 7. The molecule has 1 amide bonds. The summed E-state index contributed by atoms with van der Waals surface area (Å²) in [4.78, 5) is 12.2. The Morgan fingerprint density at radius 3 is 2.46 bits per heavy atom. The summed E-state index contributed by atoms with van der Waals surface area (Å²) in [6.45, 7) is 3.54. The van der Waals surface area contributed by atoms with Gasteiger partial charge >= 0.3 is 0 Å². The number of sulfonamides is 1. The lowest BCUT2D eigenvalue weighted by atomic mass is 10.2. The molecule has 6 nitrogen and oxygen atoms in total. The molecule has 0 saturated heterocycles. The van der Waals surface area contributed by atoms with Crippen LogP contribution in [-0.4, -0.2) is 27.5 Å². The molecule has 0 saturated carbocycles. The van der Waals surface area contributed by atoms with E-state index in [4.69, 9.17) is 16.3 Å². The van der Waals surface area contributed by atoms with E-state index in [-0.39, 0.29) is 17.2 Å². The van der Waals surface area contributed by atoms with E-state index in [0.29, 0.717) is 5.02 Å². The number of methoxy groups -OCH3 is 1. The average molecular weight is 397 g/mol. The molecule has 0 aliphatic rings. The molecule has 140 valence electrons. The van der Waals surface area contributed by atoms with Gasteiger partial charge in [-0.3, -0.25) is 4.79 Å². The van der Waals surface area contributed by atoms with E-state index in [1.54, 1.807) is 43.3 Å². The van der Waals surface area contributed by atoms with Crippen LogP contribution in [0.1, 0.15) is 18.1 Å². The molecular formula is C18H21ClN2O4S. The molecule has 1 unspecified atom stereocenters. The second kappa shape index (κ2) is 8.53. The number of amides is 1. The summed E-state index contributed by atoms with van der Waals surface area (Å²) in [5.74, 6) is -0.216. The Labute approximate surface area is 158 Å². The van der Waals surface area contributed by atoms with E-state index in [2.05, 4.69) is 10.0 Å². The number of carbonyl (C=O) groups is 1. The van der Waals surface area contributed by atoms with Gasteiger partial charge in [0.05, 0.1) is 13.2 Å². The number of nitrogens with one attached hydrogen (secondary N) is 2. The van der Waals surface area contributed by atoms with Crippen LogP contribution in [-0.2, 0) is 21.4 Å². The fraction of sp³-hybridized carbons (Fsp3) is 0.278. The largest absolute Gasteiger partial charge is 0.495 e. The fourth-order valence-electron chi connectivity index (χ4n) is 2.29. The van der Waals surface area contributed by atoms with Crippen molar-refractivity contribution < 1.29 is 17.9 Å². The second-order valence-corrected chi connectivity index (χ2v) is 7.96. The Morgan fingerprint density at radius 2 is 1.85 bits per heavy atom. The Bertz CT molecular complexity index is 883. The van der Waals surface area contributed by atoms with Gasteiger partial charge in [0.15, 0.2) is 0 Å². The van der Waals surface area contributed by atoms with Crippen molar-refractivity contribution in [2.24, 2.45) is 0 Å². The van der Waals surface area contributed by atoms with Gasteiger partial charge in [-0.25, -0.2) is 8.42 Å². The highest BCUT2D eigenvalue weighted by Gasteiger charge is 2.25. The Morgan fingerprint density at radius 1 is 1.19 bits per heavy atom. The van der Waals surface area contributed by atoms with Gasteiger partial charge in [-0.05, 0) is 49.2 Å². The molecule has 0 radical (unpaired) electrons. The molecule has 1 atom stereocenters. The van der Waals surface area contributed by atoms with Gasteiger partial charge in [0.1, 0.15) is 10.6 Å². The molecule has 0 bridgehead atoms. The monoisotopic (exact) mass is 396 g/mol. The first-order valence-electron chi connectivity index (χ1n) is 7.92. The molecule has 8 heteroatoms. The van der Waals surface area contributed by atoms with Gasteiger partial charge in [0.25, 0.3) is 0 Å². The van der Waals surface area contributed by atoms with Crippen molar-refractivity contribution in [2.45, 2.75) is 31.3 Å². The van der Waals surface area contributed by atoms with Crippen LogP contribution in [0.4, 0.5) is 0 Å². The van der Waals surface area contributed by atoms with Crippen molar-refractivity contribution in [3.05, 3.63) is 58.6 Å². The molecule has 26 heavy (non-hydrogen) atoms. The minimum absolute atomic E-state index is 0.00245. The Balaban J connectivity index is 2.05. The SMILES string of the molecule is COc1ccc(C)cc1S(=O)(=O)NC(C)C(=O)NCc1ccc(Cl)cc1. The maximum absolute atomic E-state index is 12.6. The first kappa shape index (κ1) is 20.2. The zero-order chi connectivity index (χ0) is 19.3. The molecule has 2 aromatic rings. The number of hydrogen-bond acceptors (Lipinski definition) is 4. The van der Waals surface area contributed by atoms with Crippen LogP contribution in [0.2, 0.25) is 5.02 Å². The van der Waals surface area contributed by atoms with Gasteiger partial charge in [-0.2, -0.15) is 4.72 Å². The minimum Gasteiger partial charge on any atom is -0.495 e. The molecule has 0 aromatic heterocycles. The average Bonchev–Trinajstić information content (AvgIpc) is 2.60. The lowest BCUT2D eigenvalue weighted by molar-refractivity contribution is -0.122. The molecule has 0 aliphatic heterocycles. The van der Waals surface area contributed by atoms with Crippen LogP contribution in [0, 0.1) is 6.92 Å². The van der Waals surface area contributed by atoms with Gasteiger partial charge in [-0.15, -0.1) is 0 Å². The summed E-state index contributed by atoms with van der Waals surface area (Å²) < 4.78 is 32.7. The normalized spacial score (nSPS) is 12.5. The highest BCUT2D eigenvalue weighted by atomic mass is 35.5. The number of hydrogen-bond donors (Lipinski definition) is 2. The van der Waals surface area contributed by atoms with Crippen LogP contribution in [0.15, 0.2) is 47.4 Å². The molecule has 0 heterocycles. The van der Waals surface area contributed by atoms with Crippen LogP contribution < -0.4 is 14.8 Å². The lowest BCUT2D eigenvalue weighted by Crippen LogP contribution is -2.44. The Kier molecular flexibility index (Phi) is 6.63.